The Kier molecular flexibility index (Phi) is 2.54. The average molecular weight is 206 g/mol. The molecule has 1 aromatic carbocycles. The third kappa shape index (κ3) is 1.96. The molecule has 0 radical (unpaired) electrons. The molecule has 1 aliphatic rings. The molecule has 1 atom stereocenters. The van der Waals surface area contributed by atoms with E-state index in [4.69, 9.17) is 5.73 Å². The number of amidine groups is 1. The van der Waals surface area contributed by atoms with E-state index in [2.05, 4.69) is 4.99 Å². The van der Waals surface area contributed by atoms with Crippen LogP contribution in [-0.2, 0) is 11.2 Å². The second kappa shape index (κ2) is 3.84. The van der Waals surface area contributed by atoms with Gasteiger partial charge >= 0.3 is 0 Å². The first kappa shape index (κ1) is 9.27. The molecule has 0 saturated heterocycles. The van der Waals surface area contributed by atoms with Gasteiger partial charge in [0, 0.05) is 0 Å². The Morgan fingerprint density at radius 3 is 2.64 bits per heavy atom. The topological polar surface area (TPSA) is 55.4 Å². The third-order valence-corrected chi connectivity index (χ3v) is 3.01. The van der Waals surface area contributed by atoms with Crippen molar-refractivity contribution in [1.82, 2.24) is 0 Å². The molecule has 0 unspecified atom stereocenters. The van der Waals surface area contributed by atoms with Gasteiger partial charge in [-0.05, 0) is 12.0 Å². The van der Waals surface area contributed by atoms with Crippen LogP contribution in [0.4, 0.5) is 0 Å². The lowest BCUT2D eigenvalue weighted by molar-refractivity contribution is -0.117. The van der Waals surface area contributed by atoms with E-state index < -0.39 is 0 Å². The fourth-order valence-corrected chi connectivity index (χ4v) is 2.22. The minimum absolute atomic E-state index is 0.114. The van der Waals surface area contributed by atoms with E-state index in [1.807, 2.05) is 30.3 Å². The van der Waals surface area contributed by atoms with E-state index in [1.165, 1.54) is 11.8 Å². The first-order valence-electron chi connectivity index (χ1n) is 4.34. The van der Waals surface area contributed by atoms with Crippen molar-refractivity contribution in [2.45, 2.75) is 11.7 Å². The molecule has 0 aliphatic carbocycles. The molecule has 2 N–H and O–H groups in total. The normalized spacial score (nSPS) is 21.0. The molecule has 0 bridgehead atoms. The second-order valence-corrected chi connectivity index (χ2v) is 4.31. The van der Waals surface area contributed by atoms with Crippen molar-refractivity contribution in [3.05, 3.63) is 35.9 Å². The number of aliphatic imine (C=N–C) groups is 1. The highest BCUT2D eigenvalue weighted by molar-refractivity contribution is 8.15. The quantitative estimate of drug-likeness (QED) is 0.790. The lowest BCUT2D eigenvalue weighted by atomic mass is 10.1. The molecule has 0 aromatic heterocycles. The van der Waals surface area contributed by atoms with Crippen molar-refractivity contribution >= 4 is 22.8 Å². The largest absolute Gasteiger partial charge is 0.378 e. The van der Waals surface area contributed by atoms with E-state index in [1.54, 1.807) is 0 Å². The zero-order chi connectivity index (χ0) is 9.97. The summed E-state index contributed by atoms with van der Waals surface area (Å²) >= 11 is 1.35. The maximum Gasteiger partial charge on any atom is 0.261 e. The predicted octanol–water partition coefficient (Wildman–Crippen LogP) is 1.19. The van der Waals surface area contributed by atoms with Crippen LogP contribution in [0, 0.1) is 0 Å². The Morgan fingerprint density at radius 2 is 2.07 bits per heavy atom. The van der Waals surface area contributed by atoms with Crippen LogP contribution in [0.3, 0.4) is 0 Å². The van der Waals surface area contributed by atoms with Crippen LogP contribution in [0.15, 0.2) is 35.3 Å². The number of thioether (sulfide) groups is 1. The zero-order valence-electron chi connectivity index (χ0n) is 7.51. The first-order chi connectivity index (χ1) is 6.75. The zero-order valence-corrected chi connectivity index (χ0v) is 8.33. The van der Waals surface area contributed by atoms with Crippen molar-refractivity contribution in [2.75, 3.05) is 0 Å². The van der Waals surface area contributed by atoms with Crippen molar-refractivity contribution in [2.24, 2.45) is 10.7 Å². The Morgan fingerprint density at radius 1 is 1.36 bits per heavy atom. The van der Waals surface area contributed by atoms with Gasteiger partial charge in [-0.1, -0.05) is 42.1 Å². The van der Waals surface area contributed by atoms with Gasteiger partial charge in [0.15, 0.2) is 5.17 Å². The fraction of sp³-hybridized carbons (Fsp3) is 0.200. The summed E-state index contributed by atoms with van der Waals surface area (Å²) in [7, 11) is 0. The van der Waals surface area contributed by atoms with Gasteiger partial charge in [-0.15, -0.1) is 0 Å². The van der Waals surface area contributed by atoms with Crippen molar-refractivity contribution in [3.8, 4) is 0 Å². The summed E-state index contributed by atoms with van der Waals surface area (Å²) < 4.78 is 0. The summed E-state index contributed by atoms with van der Waals surface area (Å²) in [6.07, 6.45) is 0.703. The van der Waals surface area contributed by atoms with E-state index in [9.17, 15) is 4.79 Å². The molecule has 0 spiro atoms. The fourth-order valence-electron chi connectivity index (χ4n) is 1.36. The van der Waals surface area contributed by atoms with Crippen molar-refractivity contribution < 1.29 is 4.79 Å². The number of amides is 1. The number of rotatable bonds is 2. The summed E-state index contributed by atoms with van der Waals surface area (Å²) in [6.45, 7) is 0. The van der Waals surface area contributed by atoms with Crippen LogP contribution in [0.25, 0.3) is 0 Å². The van der Waals surface area contributed by atoms with Crippen LogP contribution in [0.1, 0.15) is 5.56 Å². The molecule has 3 nitrogen and oxygen atoms in total. The number of hydrogen-bond acceptors (Lipinski definition) is 3. The van der Waals surface area contributed by atoms with E-state index in [0.29, 0.717) is 11.6 Å². The Hall–Kier alpha value is -1.29. The molecule has 1 amide bonds. The highest BCUT2D eigenvalue weighted by atomic mass is 32.2. The van der Waals surface area contributed by atoms with Gasteiger partial charge in [0.25, 0.3) is 5.91 Å². The van der Waals surface area contributed by atoms with E-state index in [-0.39, 0.29) is 11.2 Å². The van der Waals surface area contributed by atoms with Gasteiger partial charge in [-0.2, -0.15) is 4.99 Å². The Labute approximate surface area is 86.4 Å². The van der Waals surface area contributed by atoms with E-state index >= 15 is 0 Å². The molecule has 72 valence electrons. The van der Waals surface area contributed by atoms with Crippen LogP contribution in [-0.4, -0.2) is 16.3 Å². The van der Waals surface area contributed by atoms with Crippen molar-refractivity contribution in [3.63, 3.8) is 0 Å². The molecule has 1 aromatic rings. The number of carbonyl (C=O) groups excluding carboxylic acids is 1. The summed E-state index contributed by atoms with van der Waals surface area (Å²) in [4.78, 5) is 15.0. The summed E-state index contributed by atoms with van der Waals surface area (Å²) in [5.41, 5.74) is 6.60. The third-order valence-electron chi connectivity index (χ3n) is 2.02. The minimum Gasteiger partial charge on any atom is -0.378 e. The van der Waals surface area contributed by atoms with Crippen LogP contribution >= 0.6 is 11.8 Å². The van der Waals surface area contributed by atoms with E-state index in [0.717, 1.165) is 5.56 Å². The number of nitrogens with zero attached hydrogens (tertiary/aromatic N) is 1. The van der Waals surface area contributed by atoms with Gasteiger partial charge in [0.05, 0.1) is 5.25 Å². The summed E-state index contributed by atoms with van der Waals surface area (Å²) in [5, 5.41) is 0.258. The number of hydrogen-bond donors (Lipinski definition) is 1. The number of benzene rings is 1. The molecule has 1 aliphatic heterocycles. The summed E-state index contributed by atoms with van der Waals surface area (Å²) in [5.74, 6) is -0.114. The molecule has 14 heavy (non-hydrogen) atoms. The van der Waals surface area contributed by atoms with Gasteiger partial charge < -0.3 is 5.73 Å². The number of carbonyl (C=O) groups is 1. The van der Waals surface area contributed by atoms with Gasteiger partial charge in [0.2, 0.25) is 0 Å². The summed E-state index contributed by atoms with van der Waals surface area (Å²) in [6, 6.07) is 9.88. The molecule has 0 fully saturated rings. The van der Waals surface area contributed by atoms with Crippen molar-refractivity contribution in [1.29, 1.82) is 0 Å². The molecule has 0 saturated carbocycles. The highest BCUT2D eigenvalue weighted by Gasteiger charge is 2.26. The van der Waals surface area contributed by atoms with Gasteiger partial charge in [-0.3, -0.25) is 4.79 Å². The minimum atomic E-state index is -0.127. The lowest BCUT2D eigenvalue weighted by Gasteiger charge is -2.05. The predicted molar refractivity (Wildman–Crippen MR) is 58.2 cm³/mol. The molecule has 2 rings (SSSR count). The monoisotopic (exact) mass is 206 g/mol. The number of nitrogens with two attached hydrogens (primary N) is 1. The maximum atomic E-state index is 11.3. The maximum absolute atomic E-state index is 11.3. The first-order valence-corrected chi connectivity index (χ1v) is 5.22. The SMILES string of the molecule is NC1=NC(=O)[C@@H](Cc2ccccc2)S1. The standard InChI is InChI=1S/C10H10N2OS/c11-10-12-9(13)8(14-10)6-7-4-2-1-3-5-7/h1-5,8H,6H2,(H2,11,12,13)/t8-/m1/s1. The molecule has 1 heterocycles. The van der Waals surface area contributed by atoms with Crippen LogP contribution < -0.4 is 5.73 Å². The molecule has 4 heteroatoms. The second-order valence-electron chi connectivity index (χ2n) is 3.08. The molecular formula is C10H10N2OS. The Balaban J connectivity index is 2.04. The van der Waals surface area contributed by atoms with Gasteiger partial charge in [0.1, 0.15) is 0 Å². The highest BCUT2D eigenvalue weighted by Crippen LogP contribution is 2.23. The smallest absolute Gasteiger partial charge is 0.261 e. The lowest BCUT2D eigenvalue weighted by Crippen LogP contribution is -2.14. The average Bonchev–Trinajstić information content (AvgIpc) is 2.47. The van der Waals surface area contributed by atoms with Gasteiger partial charge in [-0.25, -0.2) is 0 Å². The van der Waals surface area contributed by atoms with Crippen LogP contribution in [0.2, 0.25) is 0 Å². The Bertz CT molecular complexity index is 375. The van der Waals surface area contributed by atoms with Crippen LogP contribution in [0.5, 0.6) is 0 Å². The molecular weight excluding hydrogens is 196 g/mol.